The summed E-state index contributed by atoms with van der Waals surface area (Å²) in [4.78, 5) is 0. The van der Waals surface area contributed by atoms with Crippen molar-refractivity contribution in [2.75, 3.05) is 26.2 Å². The summed E-state index contributed by atoms with van der Waals surface area (Å²) in [5.41, 5.74) is 0. The van der Waals surface area contributed by atoms with Crippen LogP contribution < -0.4 is 0 Å². The van der Waals surface area contributed by atoms with Crippen LogP contribution in [0.25, 0.3) is 0 Å². The number of nitrogens with zero attached hydrogens (tertiary/aromatic N) is 1. The third kappa shape index (κ3) is 6.19. The first-order valence-electron chi connectivity index (χ1n) is 6.89. The van der Waals surface area contributed by atoms with E-state index in [-0.39, 0.29) is 0 Å². The Morgan fingerprint density at radius 1 is 0.733 bits per heavy atom. The second-order valence-electron chi connectivity index (χ2n) is 4.80. The van der Waals surface area contributed by atoms with Gasteiger partial charge >= 0.3 is 0 Å². The van der Waals surface area contributed by atoms with E-state index in [4.69, 9.17) is 0 Å². The predicted octanol–water partition coefficient (Wildman–Crippen LogP) is 4.04. The zero-order valence-corrected chi connectivity index (χ0v) is 11.2. The van der Waals surface area contributed by atoms with E-state index >= 15 is 0 Å². The summed E-state index contributed by atoms with van der Waals surface area (Å²) in [5, 5.41) is 0. The van der Waals surface area contributed by atoms with Crippen molar-refractivity contribution in [1.29, 1.82) is 0 Å². The average Bonchev–Trinajstić information content (AvgIpc) is 2.29. The van der Waals surface area contributed by atoms with Crippen molar-refractivity contribution in [3.8, 4) is 0 Å². The highest BCUT2D eigenvalue weighted by Crippen LogP contribution is 2.13. The standard InChI is InChI=1S/C14H31N/c1-5-9-12-15(8-4,13-10-6-2)14-11-7-3/h4-14H2,1-3H3/q+1. The largest absolute Gasteiger partial charge is 0.324 e. The molecule has 0 aromatic rings. The van der Waals surface area contributed by atoms with Crippen LogP contribution in [0.5, 0.6) is 0 Å². The highest BCUT2D eigenvalue weighted by molar-refractivity contribution is 4.49. The van der Waals surface area contributed by atoms with Gasteiger partial charge < -0.3 is 4.48 Å². The van der Waals surface area contributed by atoms with E-state index in [1.54, 1.807) is 0 Å². The molecule has 0 aliphatic rings. The molecule has 0 fully saturated rings. The molecule has 0 aromatic carbocycles. The fraction of sp³-hybridized carbons (Fsp3) is 0.929. The van der Waals surface area contributed by atoms with E-state index in [0.29, 0.717) is 0 Å². The van der Waals surface area contributed by atoms with Crippen LogP contribution in [-0.2, 0) is 0 Å². The molecule has 0 amide bonds. The Balaban J connectivity index is 4.16. The maximum absolute atomic E-state index is 4.19. The lowest BCUT2D eigenvalue weighted by Gasteiger charge is -2.38. The fourth-order valence-corrected chi connectivity index (χ4v) is 2.15. The lowest BCUT2D eigenvalue weighted by molar-refractivity contribution is -0.924. The molecule has 0 saturated heterocycles. The van der Waals surface area contributed by atoms with Crippen LogP contribution in [0, 0.1) is 6.92 Å². The van der Waals surface area contributed by atoms with Gasteiger partial charge in [-0.25, -0.2) is 0 Å². The highest BCUT2D eigenvalue weighted by Gasteiger charge is 2.22. The van der Waals surface area contributed by atoms with E-state index in [9.17, 15) is 0 Å². The zero-order chi connectivity index (χ0) is 11.6. The van der Waals surface area contributed by atoms with E-state index in [2.05, 4.69) is 27.7 Å². The second kappa shape index (κ2) is 9.21. The number of hydrogen-bond donors (Lipinski definition) is 0. The van der Waals surface area contributed by atoms with Crippen molar-refractivity contribution in [3.05, 3.63) is 6.92 Å². The molecule has 1 heteroatoms. The Morgan fingerprint density at radius 3 is 1.27 bits per heavy atom. The molecule has 0 unspecified atom stereocenters. The van der Waals surface area contributed by atoms with Crippen LogP contribution in [0.15, 0.2) is 0 Å². The molecule has 0 aromatic heterocycles. The molecule has 0 bridgehead atoms. The molecular weight excluding hydrogens is 182 g/mol. The number of rotatable bonds is 10. The summed E-state index contributed by atoms with van der Waals surface area (Å²) in [6, 6.07) is 0. The Morgan fingerprint density at radius 2 is 1.07 bits per heavy atom. The first-order valence-corrected chi connectivity index (χ1v) is 6.89. The molecule has 0 heterocycles. The van der Waals surface area contributed by atoms with Gasteiger partial charge in [-0.1, -0.05) is 40.0 Å². The lowest BCUT2D eigenvalue weighted by atomic mass is 10.1. The monoisotopic (exact) mass is 213 g/mol. The minimum atomic E-state index is 1.08. The number of unbranched alkanes of at least 4 members (excludes halogenated alkanes) is 3. The highest BCUT2D eigenvalue weighted by atomic mass is 15.3. The van der Waals surface area contributed by atoms with Gasteiger partial charge in [-0.05, 0) is 19.3 Å². The molecule has 1 nitrogen and oxygen atoms in total. The first-order chi connectivity index (χ1) is 7.24. The third-order valence-corrected chi connectivity index (χ3v) is 3.43. The van der Waals surface area contributed by atoms with E-state index in [1.165, 1.54) is 62.6 Å². The van der Waals surface area contributed by atoms with E-state index in [1.807, 2.05) is 0 Å². The molecule has 0 saturated carbocycles. The van der Waals surface area contributed by atoms with Crippen LogP contribution in [0.3, 0.4) is 0 Å². The number of quaternary nitrogens is 1. The van der Waals surface area contributed by atoms with Crippen molar-refractivity contribution in [1.82, 2.24) is 0 Å². The van der Waals surface area contributed by atoms with E-state index < -0.39 is 0 Å². The second-order valence-corrected chi connectivity index (χ2v) is 4.80. The summed E-state index contributed by atoms with van der Waals surface area (Å²) in [5.74, 6) is 0. The molecule has 1 radical (unpaired) electrons. The van der Waals surface area contributed by atoms with Gasteiger partial charge in [-0.2, -0.15) is 0 Å². The van der Waals surface area contributed by atoms with Crippen LogP contribution in [0.1, 0.15) is 59.3 Å². The van der Waals surface area contributed by atoms with Crippen LogP contribution in [0.4, 0.5) is 0 Å². The summed E-state index contributed by atoms with van der Waals surface area (Å²) < 4.78 is 1.27. The number of hydrogen-bond acceptors (Lipinski definition) is 0. The van der Waals surface area contributed by atoms with E-state index in [0.717, 1.165) is 6.54 Å². The SMILES string of the molecule is [CH2]C[N+](CCCC)(CCCC)CCCC. The minimum Gasteiger partial charge on any atom is -0.324 e. The molecule has 0 rings (SSSR count). The average molecular weight is 213 g/mol. The maximum atomic E-state index is 4.19. The summed E-state index contributed by atoms with van der Waals surface area (Å²) in [6.07, 6.45) is 8.05. The Labute approximate surface area is 97.5 Å². The van der Waals surface area contributed by atoms with Gasteiger partial charge in [0.15, 0.2) is 0 Å². The Kier molecular flexibility index (Phi) is 9.18. The fourth-order valence-electron chi connectivity index (χ4n) is 2.15. The molecule has 15 heavy (non-hydrogen) atoms. The molecule has 0 atom stereocenters. The Bertz CT molecular complexity index is 110. The minimum absolute atomic E-state index is 1.08. The van der Waals surface area contributed by atoms with Gasteiger partial charge in [0, 0.05) is 6.92 Å². The summed E-state index contributed by atoms with van der Waals surface area (Å²) >= 11 is 0. The van der Waals surface area contributed by atoms with Crippen molar-refractivity contribution in [2.45, 2.75) is 59.3 Å². The zero-order valence-electron chi connectivity index (χ0n) is 11.2. The van der Waals surface area contributed by atoms with Crippen molar-refractivity contribution < 1.29 is 4.48 Å². The normalized spacial score (nSPS) is 12.0. The predicted molar refractivity (Wildman–Crippen MR) is 69.8 cm³/mol. The quantitative estimate of drug-likeness (QED) is 0.481. The first kappa shape index (κ1) is 15.0. The van der Waals surface area contributed by atoms with Crippen molar-refractivity contribution in [2.24, 2.45) is 0 Å². The van der Waals surface area contributed by atoms with Crippen LogP contribution >= 0.6 is 0 Å². The van der Waals surface area contributed by atoms with Crippen molar-refractivity contribution in [3.63, 3.8) is 0 Å². The van der Waals surface area contributed by atoms with Crippen LogP contribution in [0.2, 0.25) is 0 Å². The topological polar surface area (TPSA) is 0 Å². The van der Waals surface area contributed by atoms with Gasteiger partial charge in [0.25, 0.3) is 0 Å². The van der Waals surface area contributed by atoms with Crippen molar-refractivity contribution >= 4 is 0 Å². The molecule has 0 spiro atoms. The third-order valence-electron chi connectivity index (χ3n) is 3.43. The molecule has 91 valence electrons. The van der Waals surface area contributed by atoms with Gasteiger partial charge in [0.1, 0.15) is 0 Å². The summed E-state index contributed by atoms with van der Waals surface area (Å²) in [7, 11) is 0. The van der Waals surface area contributed by atoms with Gasteiger partial charge in [-0.15, -0.1) is 0 Å². The molecule has 0 aliphatic heterocycles. The smallest absolute Gasteiger partial charge is 0.0788 e. The van der Waals surface area contributed by atoms with Gasteiger partial charge in [0.2, 0.25) is 0 Å². The lowest BCUT2D eigenvalue weighted by Crippen LogP contribution is -2.50. The molecule has 0 aliphatic carbocycles. The van der Waals surface area contributed by atoms with Gasteiger partial charge in [0.05, 0.1) is 26.2 Å². The van der Waals surface area contributed by atoms with Gasteiger partial charge in [-0.3, -0.25) is 0 Å². The van der Waals surface area contributed by atoms with Crippen LogP contribution in [-0.4, -0.2) is 30.7 Å². The summed E-state index contributed by atoms with van der Waals surface area (Å²) in [6.45, 7) is 16.2. The Hall–Kier alpha value is -0.0400. The maximum Gasteiger partial charge on any atom is 0.0788 e. The molecular formula is C14H31N+. The molecule has 0 N–H and O–H groups in total.